The lowest BCUT2D eigenvalue weighted by Gasteiger charge is -2.07. The molecule has 1 heterocycles. The highest BCUT2D eigenvalue weighted by atomic mass is 16.1. The maximum Gasteiger partial charge on any atom is 0.255 e. The molecule has 0 bridgehead atoms. The summed E-state index contributed by atoms with van der Waals surface area (Å²) in [5, 5.41) is 2.97. The number of imidazole rings is 1. The van der Waals surface area contributed by atoms with Crippen molar-refractivity contribution >= 4 is 22.6 Å². The van der Waals surface area contributed by atoms with Crippen molar-refractivity contribution in [2.75, 3.05) is 5.32 Å². The van der Waals surface area contributed by atoms with Crippen molar-refractivity contribution in [3.05, 3.63) is 126 Å². The topological polar surface area (TPSA) is 46.9 Å². The monoisotopic (exact) mass is 427 g/mol. The molecule has 0 aliphatic rings. The molecule has 0 fully saturated rings. The number of fused-ring (bicyclic) bond motifs is 1. The van der Waals surface area contributed by atoms with Crippen LogP contribution in [0.5, 0.6) is 0 Å². The average molecular weight is 428 g/mol. The van der Waals surface area contributed by atoms with Gasteiger partial charge in [-0.05, 0) is 73.2 Å². The van der Waals surface area contributed by atoms with Gasteiger partial charge in [0.1, 0.15) is 6.33 Å². The van der Waals surface area contributed by atoms with E-state index in [0.29, 0.717) is 11.3 Å². The van der Waals surface area contributed by atoms with Gasteiger partial charge in [-0.3, -0.25) is 9.36 Å². The van der Waals surface area contributed by atoms with E-state index in [4.69, 9.17) is 0 Å². The Morgan fingerprint density at radius 1 is 0.818 bits per heavy atom. The lowest BCUT2D eigenvalue weighted by Crippen LogP contribution is -2.11. The zero-order valence-electron chi connectivity index (χ0n) is 18.1. The number of benzene rings is 4. The van der Waals surface area contributed by atoms with Crippen molar-refractivity contribution in [3.63, 3.8) is 0 Å². The molecule has 5 aromatic rings. The molecule has 33 heavy (non-hydrogen) atoms. The minimum atomic E-state index is -0.185. The second-order valence-electron chi connectivity index (χ2n) is 7.81. The van der Waals surface area contributed by atoms with E-state index in [1.807, 2.05) is 89.5 Å². The molecule has 0 saturated heterocycles. The maximum absolute atomic E-state index is 12.9. The van der Waals surface area contributed by atoms with E-state index in [0.717, 1.165) is 27.8 Å². The quantitative estimate of drug-likeness (QED) is 0.360. The van der Waals surface area contributed by atoms with Gasteiger partial charge in [-0.2, -0.15) is 0 Å². The smallest absolute Gasteiger partial charge is 0.255 e. The molecular weight excluding hydrogens is 406 g/mol. The van der Waals surface area contributed by atoms with Gasteiger partial charge in [-0.25, -0.2) is 4.98 Å². The summed E-state index contributed by atoms with van der Waals surface area (Å²) in [5.41, 5.74) is 6.99. The second-order valence-corrected chi connectivity index (χ2v) is 7.81. The van der Waals surface area contributed by atoms with Crippen molar-refractivity contribution in [2.45, 2.75) is 6.92 Å². The molecule has 0 unspecified atom stereocenters. The third kappa shape index (κ3) is 4.53. The summed E-state index contributed by atoms with van der Waals surface area (Å²) in [4.78, 5) is 17.4. The first-order chi connectivity index (χ1) is 16.2. The predicted octanol–water partition coefficient (Wildman–Crippen LogP) is 5.99. The Kier molecular flexibility index (Phi) is 5.45. The van der Waals surface area contributed by atoms with Gasteiger partial charge < -0.3 is 5.32 Å². The number of hydrogen-bond acceptors (Lipinski definition) is 2. The van der Waals surface area contributed by atoms with E-state index in [9.17, 15) is 4.79 Å². The van der Waals surface area contributed by atoms with Crippen LogP contribution in [0.1, 0.15) is 27.0 Å². The molecular formula is C29H21N3O. The van der Waals surface area contributed by atoms with E-state index in [-0.39, 0.29) is 5.91 Å². The van der Waals surface area contributed by atoms with Crippen LogP contribution in [0.4, 0.5) is 5.69 Å². The minimum Gasteiger partial charge on any atom is -0.322 e. The van der Waals surface area contributed by atoms with Gasteiger partial charge in [-0.1, -0.05) is 48.2 Å². The van der Waals surface area contributed by atoms with Crippen LogP contribution in [0.2, 0.25) is 0 Å². The number of hydrogen-bond donors (Lipinski definition) is 1. The van der Waals surface area contributed by atoms with E-state index >= 15 is 0 Å². The van der Waals surface area contributed by atoms with Crippen LogP contribution in [0.3, 0.4) is 0 Å². The first kappa shape index (κ1) is 20.3. The number of aromatic nitrogens is 2. The predicted molar refractivity (Wildman–Crippen MR) is 133 cm³/mol. The molecule has 1 aromatic heterocycles. The average Bonchev–Trinajstić information content (AvgIpc) is 3.27. The molecule has 5 rings (SSSR count). The van der Waals surface area contributed by atoms with Gasteiger partial charge in [0.15, 0.2) is 0 Å². The summed E-state index contributed by atoms with van der Waals surface area (Å²) in [6.07, 6.45) is 1.79. The molecule has 0 atom stereocenters. The third-order valence-corrected chi connectivity index (χ3v) is 5.33. The van der Waals surface area contributed by atoms with E-state index in [1.165, 1.54) is 5.56 Å². The summed E-state index contributed by atoms with van der Waals surface area (Å²) in [7, 11) is 0. The number of carbonyl (C=O) groups is 1. The van der Waals surface area contributed by atoms with Crippen LogP contribution in [0, 0.1) is 18.8 Å². The number of anilines is 1. The second kappa shape index (κ2) is 8.86. The molecule has 4 aromatic carbocycles. The number of carbonyl (C=O) groups excluding carboxylic acids is 1. The van der Waals surface area contributed by atoms with Crippen LogP contribution in [-0.4, -0.2) is 15.5 Å². The van der Waals surface area contributed by atoms with Crippen molar-refractivity contribution < 1.29 is 4.79 Å². The lowest BCUT2D eigenvalue weighted by atomic mass is 10.1. The first-order valence-electron chi connectivity index (χ1n) is 10.7. The first-order valence-corrected chi connectivity index (χ1v) is 10.7. The van der Waals surface area contributed by atoms with E-state index in [2.05, 4.69) is 41.2 Å². The molecule has 158 valence electrons. The largest absolute Gasteiger partial charge is 0.322 e. The molecule has 0 aliphatic carbocycles. The number of aryl methyl sites for hydroxylation is 1. The van der Waals surface area contributed by atoms with Crippen LogP contribution >= 0.6 is 0 Å². The Hall–Kier alpha value is -4.62. The van der Waals surface area contributed by atoms with Gasteiger partial charge in [0.05, 0.1) is 11.0 Å². The van der Waals surface area contributed by atoms with Crippen molar-refractivity contribution in [2.24, 2.45) is 0 Å². The standard InChI is InChI=1S/C29H21N3O/c1-21-7-5-12-26(17-21)32-20-30-27-19-24(15-16-28(27)32)29(33)31-25-11-6-10-23(18-25)14-13-22-8-3-2-4-9-22/h2-12,15-20H,1H3,(H,31,33). The summed E-state index contributed by atoms with van der Waals surface area (Å²) in [6.45, 7) is 2.06. The normalized spacial score (nSPS) is 10.5. The molecule has 4 nitrogen and oxygen atoms in total. The van der Waals surface area contributed by atoms with Crippen LogP contribution in [-0.2, 0) is 0 Å². The summed E-state index contributed by atoms with van der Waals surface area (Å²) >= 11 is 0. The zero-order chi connectivity index (χ0) is 22.6. The Bertz CT molecular complexity index is 1520. The van der Waals surface area contributed by atoms with Gasteiger partial charge in [0.25, 0.3) is 5.91 Å². The molecule has 1 amide bonds. The fraction of sp³-hybridized carbons (Fsp3) is 0.0345. The van der Waals surface area contributed by atoms with Gasteiger partial charge >= 0.3 is 0 Å². The summed E-state index contributed by atoms with van der Waals surface area (Å²) in [6, 6.07) is 31.2. The van der Waals surface area contributed by atoms with Gasteiger partial charge in [0, 0.05) is 28.1 Å². The molecule has 0 radical (unpaired) electrons. The summed E-state index contributed by atoms with van der Waals surface area (Å²) < 4.78 is 2.03. The fourth-order valence-corrected chi connectivity index (χ4v) is 3.68. The molecule has 4 heteroatoms. The highest BCUT2D eigenvalue weighted by Gasteiger charge is 2.11. The maximum atomic E-state index is 12.9. The Morgan fingerprint density at radius 2 is 1.61 bits per heavy atom. The minimum absolute atomic E-state index is 0.185. The van der Waals surface area contributed by atoms with Crippen molar-refractivity contribution in [3.8, 4) is 17.5 Å². The van der Waals surface area contributed by atoms with Gasteiger partial charge in [0.2, 0.25) is 0 Å². The highest BCUT2D eigenvalue weighted by Crippen LogP contribution is 2.21. The molecule has 0 spiro atoms. The lowest BCUT2D eigenvalue weighted by molar-refractivity contribution is 0.102. The molecule has 0 saturated carbocycles. The van der Waals surface area contributed by atoms with Gasteiger partial charge in [-0.15, -0.1) is 0 Å². The van der Waals surface area contributed by atoms with Crippen molar-refractivity contribution in [1.82, 2.24) is 9.55 Å². The highest BCUT2D eigenvalue weighted by molar-refractivity contribution is 6.06. The SMILES string of the molecule is Cc1cccc(-n2cnc3cc(C(=O)Nc4cccc(C#Cc5ccccc5)c4)ccc32)c1. The van der Waals surface area contributed by atoms with Crippen molar-refractivity contribution in [1.29, 1.82) is 0 Å². The van der Waals surface area contributed by atoms with Crippen LogP contribution in [0.25, 0.3) is 16.7 Å². The zero-order valence-corrected chi connectivity index (χ0v) is 18.1. The molecule has 0 aliphatic heterocycles. The number of rotatable bonds is 3. The number of nitrogens with zero attached hydrogens (tertiary/aromatic N) is 2. The number of nitrogens with one attached hydrogen (secondary N) is 1. The van der Waals surface area contributed by atoms with Crippen LogP contribution in [0.15, 0.2) is 103 Å². The van der Waals surface area contributed by atoms with Crippen LogP contribution < -0.4 is 5.32 Å². The Labute approximate surface area is 192 Å². The fourth-order valence-electron chi connectivity index (χ4n) is 3.68. The third-order valence-electron chi connectivity index (χ3n) is 5.33. The van der Waals surface area contributed by atoms with E-state index in [1.54, 1.807) is 6.33 Å². The Balaban J connectivity index is 1.36. The van der Waals surface area contributed by atoms with E-state index < -0.39 is 0 Å². The molecule has 1 N–H and O–H groups in total. The number of amides is 1. The summed E-state index contributed by atoms with van der Waals surface area (Å²) in [5.74, 6) is 6.10. The Morgan fingerprint density at radius 3 is 2.45 bits per heavy atom.